The van der Waals surface area contributed by atoms with Crippen molar-refractivity contribution < 1.29 is 9.84 Å². The summed E-state index contributed by atoms with van der Waals surface area (Å²) in [6.07, 6.45) is 0.867. The van der Waals surface area contributed by atoms with Gasteiger partial charge in [-0.05, 0) is 6.07 Å². The van der Waals surface area contributed by atoms with Crippen LogP contribution >= 0.6 is 0 Å². The zero-order chi connectivity index (χ0) is 10.1. The number of rotatable bonds is 1. The smallest absolute Gasteiger partial charge is 0.349 e. The van der Waals surface area contributed by atoms with Crippen LogP contribution in [0.2, 0.25) is 0 Å². The van der Waals surface area contributed by atoms with Crippen LogP contribution in [-0.2, 0) is 4.74 Å². The molecule has 6 nitrogen and oxygen atoms in total. The Labute approximate surface area is 79.9 Å². The summed E-state index contributed by atoms with van der Waals surface area (Å²) in [5, 5.41) is 9.49. The van der Waals surface area contributed by atoms with Crippen molar-refractivity contribution in [3.05, 3.63) is 22.7 Å². The van der Waals surface area contributed by atoms with Gasteiger partial charge in [-0.2, -0.15) is 4.98 Å². The van der Waals surface area contributed by atoms with Crippen LogP contribution in [0.25, 0.3) is 0 Å². The van der Waals surface area contributed by atoms with Crippen LogP contribution in [0, 0.1) is 0 Å². The topological polar surface area (TPSA) is 90.4 Å². The molecule has 14 heavy (non-hydrogen) atoms. The minimum Gasteiger partial charge on any atom is -0.388 e. The summed E-state index contributed by atoms with van der Waals surface area (Å²) in [6.45, 7) is 0.578. The summed E-state index contributed by atoms with van der Waals surface area (Å²) in [5.41, 5.74) is 4.88. The fourth-order valence-electron chi connectivity index (χ4n) is 1.48. The molecule has 1 aliphatic rings. The van der Waals surface area contributed by atoms with Crippen LogP contribution in [0.5, 0.6) is 0 Å². The van der Waals surface area contributed by atoms with Crippen LogP contribution in [0.3, 0.4) is 0 Å². The van der Waals surface area contributed by atoms with E-state index in [1.807, 2.05) is 0 Å². The quantitative estimate of drug-likeness (QED) is 0.587. The number of aliphatic hydroxyl groups excluding tert-OH is 1. The standard InChI is InChI=1S/C8H11N3O3/c9-7-1-2-11(8(13)10-7)5-3-14-4-6(5)12/h1-2,5-6,12H,3-4H2,(H2,9,10,13)/t5-,6?/m1/s1. The van der Waals surface area contributed by atoms with E-state index < -0.39 is 11.8 Å². The van der Waals surface area contributed by atoms with Crippen LogP contribution < -0.4 is 11.4 Å². The van der Waals surface area contributed by atoms with Gasteiger partial charge < -0.3 is 15.6 Å². The summed E-state index contributed by atoms with van der Waals surface area (Å²) in [4.78, 5) is 14.9. The van der Waals surface area contributed by atoms with Gasteiger partial charge in [0.1, 0.15) is 11.9 Å². The van der Waals surface area contributed by atoms with E-state index in [4.69, 9.17) is 10.5 Å². The fraction of sp³-hybridized carbons (Fsp3) is 0.500. The first kappa shape index (κ1) is 9.17. The van der Waals surface area contributed by atoms with Crippen molar-refractivity contribution in [3.63, 3.8) is 0 Å². The van der Waals surface area contributed by atoms with E-state index >= 15 is 0 Å². The highest BCUT2D eigenvalue weighted by molar-refractivity contribution is 5.23. The lowest BCUT2D eigenvalue weighted by Crippen LogP contribution is -2.32. The van der Waals surface area contributed by atoms with E-state index in [0.29, 0.717) is 6.61 Å². The molecule has 1 saturated heterocycles. The Balaban J connectivity index is 2.36. The van der Waals surface area contributed by atoms with Crippen molar-refractivity contribution >= 4 is 5.82 Å². The minimum atomic E-state index is -0.655. The van der Waals surface area contributed by atoms with Crippen molar-refractivity contribution in [2.45, 2.75) is 12.1 Å². The van der Waals surface area contributed by atoms with Crippen molar-refractivity contribution in [2.75, 3.05) is 18.9 Å². The Morgan fingerprint density at radius 3 is 3.00 bits per heavy atom. The molecule has 1 aromatic rings. The van der Waals surface area contributed by atoms with Gasteiger partial charge in [-0.1, -0.05) is 0 Å². The Morgan fingerprint density at radius 1 is 1.64 bits per heavy atom. The maximum absolute atomic E-state index is 11.4. The SMILES string of the molecule is Nc1ccn([C@@H]2COCC2O)c(=O)n1. The van der Waals surface area contributed by atoms with E-state index in [2.05, 4.69) is 4.98 Å². The summed E-state index contributed by atoms with van der Waals surface area (Å²) in [6, 6.07) is 1.17. The molecule has 0 spiro atoms. The molecule has 1 aromatic heterocycles. The molecule has 1 fully saturated rings. The van der Waals surface area contributed by atoms with Gasteiger partial charge in [-0.25, -0.2) is 4.79 Å². The molecule has 3 N–H and O–H groups in total. The second-order valence-electron chi connectivity index (χ2n) is 3.21. The Hall–Kier alpha value is -1.40. The molecule has 0 amide bonds. The summed E-state index contributed by atoms with van der Waals surface area (Å²) in [7, 11) is 0. The first-order valence-corrected chi connectivity index (χ1v) is 4.29. The van der Waals surface area contributed by atoms with E-state index in [1.54, 1.807) is 0 Å². The van der Waals surface area contributed by atoms with E-state index in [0.717, 1.165) is 0 Å². The van der Waals surface area contributed by atoms with Crippen molar-refractivity contribution in [1.29, 1.82) is 0 Å². The lowest BCUT2D eigenvalue weighted by atomic mass is 10.2. The number of nitrogens with two attached hydrogens (primary N) is 1. The molecule has 2 heterocycles. The van der Waals surface area contributed by atoms with Crippen molar-refractivity contribution in [2.24, 2.45) is 0 Å². The highest BCUT2D eigenvalue weighted by atomic mass is 16.5. The third-order valence-electron chi connectivity index (χ3n) is 2.23. The zero-order valence-electron chi connectivity index (χ0n) is 7.46. The highest BCUT2D eigenvalue weighted by Crippen LogP contribution is 2.17. The molecule has 2 rings (SSSR count). The molecule has 2 atom stereocenters. The molecule has 0 saturated carbocycles. The molecule has 0 aliphatic carbocycles. The van der Waals surface area contributed by atoms with Gasteiger partial charge in [0.25, 0.3) is 0 Å². The maximum Gasteiger partial charge on any atom is 0.349 e. The van der Waals surface area contributed by atoms with E-state index in [-0.39, 0.29) is 18.5 Å². The van der Waals surface area contributed by atoms with Gasteiger partial charge in [0.2, 0.25) is 0 Å². The molecule has 1 unspecified atom stereocenters. The van der Waals surface area contributed by atoms with Gasteiger partial charge in [-0.15, -0.1) is 0 Å². The largest absolute Gasteiger partial charge is 0.388 e. The molecule has 0 aromatic carbocycles. The highest BCUT2D eigenvalue weighted by Gasteiger charge is 2.28. The molecule has 1 aliphatic heterocycles. The zero-order valence-corrected chi connectivity index (χ0v) is 7.46. The lowest BCUT2D eigenvalue weighted by molar-refractivity contribution is 0.119. The average molecular weight is 197 g/mol. The number of nitrogen functional groups attached to an aromatic ring is 1. The molecular formula is C8H11N3O3. The number of aromatic nitrogens is 2. The molecule has 6 heteroatoms. The third kappa shape index (κ3) is 1.49. The molecule has 76 valence electrons. The number of hydrogen-bond donors (Lipinski definition) is 2. The second-order valence-corrected chi connectivity index (χ2v) is 3.21. The van der Waals surface area contributed by atoms with Gasteiger partial charge in [0, 0.05) is 6.20 Å². The predicted octanol–water partition coefficient (Wildman–Crippen LogP) is -1.24. The third-order valence-corrected chi connectivity index (χ3v) is 2.23. The number of anilines is 1. The van der Waals surface area contributed by atoms with Gasteiger partial charge in [-0.3, -0.25) is 4.57 Å². The minimum absolute atomic E-state index is 0.180. The van der Waals surface area contributed by atoms with Crippen LogP contribution in [0.4, 0.5) is 5.82 Å². The fourth-order valence-corrected chi connectivity index (χ4v) is 1.48. The van der Waals surface area contributed by atoms with E-state index in [1.165, 1.54) is 16.8 Å². The maximum atomic E-state index is 11.4. The molecular weight excluding hydrogens is 186 g/mol. The van der Waals surface area contributed by atoms with Gasteiger partial charge in [0.05, 0.1) is 19.3 Å². The van der Waals surface area contributed by atoms with Gasteiger partial charge >= 0.3 is 5.69 Å². The molecule has 0 bridgehead atoms. The van der Waals surface area contributed by atoms with Crippen LogP contribution in [0.15, 0.2) is 17.1 Å². The second kappa shape index (κ2) is 3.39. The summed E-state index contributed by atoms with van der Waals surface area (Å²) in [5.74, 6) is 0.180. The summed E-state index contributed by atoms with van der Waals surface area (Å²) >= 11 is 0. The Morgan fingerprint density at radius 2 is 2.43 bits per heavy atom. The monoisotopic (exact) mass is 197 g/mol. The Bertz CT molecular complexity index is 390. The van der Waals surface area contributed by atoms with Crippen LogP contribution in [-0.4, -0.2) is 34.0 Å². The first-order chi connectivity index (χ1) is 6.68. The average Bonchev–Trinajstić information content (AvgIpc) is 2.52. The lowest BCUT2D eigenvalue weighted by Gasteiger charge is -2.14. The first-order valence-electron chi connectivity index (χ1n) is 4.29. The number of ether oxygens (including phenoxy) is 1. The van der Waals surface area contributed by atoms with Crippen molar-refractivity contribution in [1.82, 2.24) is 9.55 Å². The summed E-state index contributed by atoms with van der Waals surface area (Å²) < 4.78 is 6.38. The number of hydrogen-bond acceptors (Lipinski definition) is 5. The number of nitrogens with zero attached hydrogens (tertiary/aromatic N) is 2. The number of aliphatic hydroxyl groups is 1. The predicted molar refractivity (Wildman–Crippen MR) is 48.8 cm³/mol. The van der Waals surface area contributed by atoms with E-state index in [9.17, 15) is 9.90 Å². The van der Waals surface area contributed by atoms with Crippen LogP contribution in [0.1, 0.15) is 6.04 Å². The van der Waals surface area contributed by atoms with Gasteiger partial charge in [0.15, 0.2) is 0 Å². The molecule has 0 radical (unpaired) electrons. The normalized spacial score (nSPS) is 26.6. The van der Waals surface area contributed by atoms with Crippen molar-refractivity contribution in [3.8, 4) is 0 Å². The Kier molecular flexibility index (Phi) is 2.22.